The Kier molecular flexibility index (Phi) is 4.43. The molecule has 118 valence electrons. The molecule has 0 aliphatic heterocycles. The number of hydrogen-bond acceptors (Lipinski definition) is 6. The third-order valence-electron chi connectivity index (χ3n) is 3.15. The molecule has 0 amide bonds. The predicted molar refractivity (Wildman–Crippen MR) is 86.7 cm³/mol. The molecule has 6 heteroatoms. The monoisotopic (exact) mass is 329 g/mol. The number of methoxy groups -OCH3 is 1. The number of rotatable bonds is 5. The highest BCUT2D eigenvalue weighted by molar-refractivity contribution is 7.13. The van der Waals surface area contributed by atoms with Crippen molar-refractivity contribution in [3.8, 4) is 16.3 Å². The van der Waals surface area contributed by atoms with Gasteiger partial charge >= 0.3 is 5.97 Å². The Morgan fingerprint density at radius 3 is 2.65 bits per heavy atom. The van der Waals surface area contributed by atoms with Crippen LogP contribution in [0.25, 0.3) is 10.6 Å². The third kappa shape index (κ3) is 3.60. The molecule has 0 aliphatic rings. The lowest BCUT2D eigenvalue weighted by molar-refractivity contribution is 0.0561. The third-order valence-corrected chi connectivity index (χ3v) is 4.16. The molecule has 0 radical (unpaired) electrons. The Morgan fingerprint density at radius 1 is 1.22 bits per heavy atom. The number of ether oxygens (including phenoxy) is 2. The van der Waals surface area contributed by atoms with Gasteiger partial charge < -0.3 is 13.9 Å². The fourth-order valence-corrected chi connectivity index (χ4v) is 2.80. The minimum Gasteiger partial charge on any atom is -0.486 e. The van der Waals surface area contributed by atoms with Crippen LogP contribution >= 0.6 is 11.3 Å². The van der Waals surface area contributed by atoms with E-state index in [1.165, 1.54) is 7.11 Å². The van der Waals surface area contributed by atoms with E-state index in [0.717, 1.165) is 22.0 Å². The van der Waals surface area contributed by atoms with E-state index in [2.05, 4.69) is 9.72 Å². The van der Waals surface area contributed by atoms with Gasteiger partial charge in [-0.1, -0.05) is 0 Å². The first-order valence-electron chi connectivity index (χ1n) is 6.98. The van der Waals surface area contributed by atoms with Gasteiger partial charge in [-0.15, -0.1) is 11.3 Å². The first-order valence-corrected chi connectivity index (χ1v) is 7.86. The summed E-state index contributed by atoms with van der Waals surface area (Å²) in [5.74, 6) is 0.947. The van der Waals surface area contributed by atoms with Crippen molar-refractivity contribution in [2.24, 2.45) is 0 Å². The Bertz CT molecular complexity index is 804. The molecule has 0 atom stereocenters. The van der Waals surface area contributed by atoms with Gasteiger partial charge in [-0.05, 0) is 43.3 Å². The number of carbonyl (C=O) groups excluding carboxylic acids is 1. The maximum absolute atomic E-state index is 11.3. The van der Waals surface area contributed by atoms with E-state index < -0.39 is 5.97 Å². The van der Waals surface area contributed by atoms with E-state index in [9.17, 15) is 4.79 Å². The van der Waals surface area contributed by atoms with E-state index in [-0.39, 0.29) is 12.4 Å². The highest BCUT2D eigenvalue weighted by atomic mass is 32.1. The van der Waals surface area contributed by atoms with Crippen molar-refractivity contribution in [2.75, 3.05) is 7.11 Å². The van der Waals surface area contributed by atoms with Crippen LogP contribution in [0.4, 0.5) is 0 Å². The van der Waals surface area contributed by atoms with E-state index in [1.54, 1.807) is 23.5 Å². The van der Waals surface area contributed by atoms with Crippen LogP contribution in [0.15, 0.2) is 46.2 Å². The number of hydrogen-bond donors (Lipinski definition) is 0. The van der Waals surface area contributed by atoms with Crippen LogP contribution in [-0.4, -0.2) is 18.1 Å². The maximum atomic E-state index is 11.3. The maximum Gasteiger partial charge on any atom is 0.373 e. The molecule has 0 fully saturated rings. The smallest absolute Gasteiger partial charge is 0.373 e. The van der Waals surface area contributed by atoms with E-state index >= 15 is 0 Å². The van der Waals surface area contributed by atoms with Crippen LogP contribution in [0.1, 0.15) is 22.0 Å². The summed E-state index contributed by atoms with van der Waals surface area (Å²) in [6.45, 7) is 2.22. The van der Waals surface area contributed by atoms with Crippen LogP contribution < -0.4 is 4.74 Å². The topological polar surface area (TPSA) is 61.6 Å². The van der Waals surface area contributed by atoms with Gasteiger partial charge in [-0.3, -0.25) is 0 Å². The van der Waals surface area contributed by atoms with Crippen LogP contribution in [0.5, 0.6) is 5.75 Å². The molecular weight excluding hydrogens is 314 g/mol. The van der Waals surface area contributed by atoms with Gasteiger partial charge in [-0.25, -0.2) is 9.78 Å². The highest BCUT2D eigenvalue weighted by Crippen LogP contribution is 2.25. The summed E-state index contributed by atoms with van der Waals surface area (Å²) in [7, 11) is 1.31. The van der Waals surface area contributed by atoms with Gasteiger partial charge in [0.2, 0.25) is 5.76 Å². The van der Waals surface area contributed by atoms with Crippen molar-refractivity contribution in [1.29, 1.82) is 0 Å². The molecule has 0 bridgehead atoms. The van der Waals surface area contributed by atoms with E-state index in [1.807, 2.05) is 36.6 Å². The Morgan fingerprint density at radius 2 is 2.00 bits per heavy atom. The van der Waals surface area contributed by atoms with Crippen molar-refractivity contribution in [2.45, 2.75) is 13.5 Å². The summed E-state index contributed by atoms with van der Waals surface area (Å²) in [5, 5.41) is 3.01. The lowest BCUT2D eigenvalue weighted by atomic mass is 10.2. The molecule has 0 unspecified atom stereocenters. The second-order valence-corrected chi connectivity index (χ2v) is 5.72. The second-order valence-electron chi connectivity index (χ2n) is 4.86. The Hall–Kier alpha value is -2.60. The molecule has 2 heterocycles. The SMILES string of the molecule is COC(=O)c1ccc(COc2ccc(-c3nc(C)cs3)cc2)o1. The number of carbonyl (C=O) groups is 1. The van der Waals surface area contributed by atoms with Gasteiger partial charge in [0.1, 0.15) is 23.1 Å². The molecule has 0 saturated heterocycles. The van der Waals surface area contributed by atoms with E-state index in [4.69, 9.17) is 9.15 Å². The number of furan rings is 1. The van der Waals surface area contributed by atoms with Crippen LogP contribution in [0.2, 0.25) is 0 Å². The van der Waals surface area contributed by atoms with Crippen molar-refractivity contribution in [3.63, 3.8) is 0 Å². The first-order chi connectivity index (χ1) is 11.2. The number of esters is 1. The molecule has 0 saturated carbocycles. The lowest BCUT2D eigenvalue weighted by Crippen LogP contribution is -1.99. The minimum absolute atomic E-state index is 0.167. The zero-order chi connectivity index (χ0) is 16.2. The fraction of sp³-hybridized carbons (Fsp3) is 0.176. The zero-order valence-corrected chi connectivity index (χ0v) is 13.6. The number of aryl methyl sites for hydroxylation is 1. The van der Waals surface area contributed by atoms with Crippen molar-refractivity contribution in [3.05, 3.63) is 59.0 Å². The predicted octanol–water partition coefficient (Wildman–Crippen LogP) is 4.08. The molecular formula is C17H15NO4S. The van der Waals surface area contributed by atoms with Crippen LogP contribution in [0, 0.1) is 6.92 Å². The summed E-state index contributed by atoms with van der Waals surface area (Å²) in [4.78, 5) is 15.8. The number of benzene rings is 1. The minimum atomic E-state index is -0.501. The normalized spacial score (nSPS) is 10.5. The molecule has 2 aromatic heterocycles. The van der Waals surface area contributed by atoms with Gasteiger partial charge in [0.25, 0.3) is 0 Å². The molecule has 0 aliphatic carbocycles. The molecule has 23 heavy (non-hydrogen) atoms. The summed E-state index contributed by atoms with van der Waals surface area (Å²) in [5.41, 5.74) is 2.07. The molecule has 5 nitrogen and oxygen atoms in total. The summed E-state index contributed by atoms with van der Waals surface area (Å²) >= 11 is 1.62. The largest absolute Gasteiger partial charge is 0.486 e. The Labute approximate surface area is 137 Å². The quantitative estimate of drug-likeness (QED) is 0.660. The Balaban J connectivity index is 1.62. The second kappa shape index (κ2) is 6.66. The van der Waals surface area contributed by atoms with E-state index in [0.29, 0.717) is 5.76 Å². The summed E-state index contributed by atoms with van der Waals surface area (Å²) in [6.07, 6.45) is 0. The summed E-state index contributed by atoms with van der Waals surface area (Å²) in [6, 6.07) is 11.0. The first kappa shape index (κ1) is 15.3. The lowest BCUT2D eigenvalue weighted by Gasteiger charge is -2.05. The average Bonchev–Trinajstić information content (AvgIpc) is 3.22. The van der Waals surface area contributed by atoms with Crippen molar-refractivity contribution >= 4 is 17.3 Å². The molecule has 0 N–H and O–H groups in total. The van der Waals surface area contributed by atoms with Gasteiger partial charge in [0.15, 0.2) is 0 Å². The number of thiazole rings is 1. The van der Waals surface area contributed by atoms with Gasteiger partial charge in [0.05, 0.1) is 7.11 Å². The molecule has 1 aromatic carbocycles. The number of aromatic nitrogens is 1. The zero-order valence-electron chi connectivity index (χ0n) is 12.7. The van der Waals surface area contributed by atoms with Crippen LogP contribution in [0.3, 0.4) is 0 Å². The molecule has 3 rings (SSSR count). The molecule has 0 spiro atoms. The van der Waals surface area contributed by atoms with Gasteiger partial charge in [-0.2, -0.15) is 0 Å². The van der Waals surface area contributed by atoms with Crippen molar-refractivity contribution < 1.29 is 18.7 Å². The average molecular weight is 329 g/mol. The fourth-order valence-electron chi connectivity index (χ4n) is 2.00. The standard InChI is InChI=1S/C17H15NO4S/c1-11-10-23-16(18-11)12-3-5-13(6-4-12)21-9-14-7-8-15(22-14)17(19)20-2/h3-8,10H,9H2,1-2H3. The van der Waals surface area contributed by atoms with Crippen LogP contribution in [-0.2, 0) is 11.3 Å². The van der Waals surface area contributed by atoms with Gasteiger partial charge in [0, 0.05) is 16.6 Å². The van der Waals surface area contributed by atoms with Crippen molar-refractivity contribution in [1.82, 2.24) is 4.98 Å². The highest BCUT2D eigenvalue weighted by Gasteiger charge is 2.11. The summed E-state index contributed by atoms with van der Waals surface area (Å²) < 4.78 is 15.6. The molecule has 3 aromatic rings. The number of nitrogens with zero attached hydrogens (tertiary/aromatic N) is 1.